The first-order valence-corrected chi connectivity index (χ1v) is 6.55. The monoisotopic (exact) mass is 299 g/mol. The van der Waals surface area contributed by atoms with E-state index in [1.807, 2.05) is 0 Å². The van der Waals surface area contributed by atoms with Crippen LogP contribution in [0.5, 0.6) is 0 Å². The van der Waals surface area contributed by atoms with Crippen LogP contribution in [-0.2, 0) is 0 Å². The number of benzene rings is 2. The van der Waals surface area contributed by atoms with Crippen LogP contribution in [0, 0.1) is 17.5 Å². The first kappa shape index (κ1) is 14.9. The lowest BCUT2D eigenvalue weighted by molar-refractivity contribution is 0.495. The molecule has 1 N–H and O–H groups in total. The molecule has 0 bridgehead atoms. The smallest absolute Gasteiger partial charge is 0.131 e. The average molecular weight is 300 g/mol. The molecule has 0 saturated carbocycles. The third-order valence-corrected chi connectivity index (χ3v) is 3.31. The first-order chi connectivity index (χ1) is 9.56. The SMILES string of the molecule is CCNC(c1c(F)cccc1F)c1c(F)cccc1Cl. The molecule has 1 unspecified atom stereocenters. The van der Waals surface area contributed by atoms with Crippen LogP contribution in [0.15, 0.2) is 36.4 Å². The molecule has 0 heterocycles. The van der Waals surface area contributed by atoms with Gasteiger partial charge in [-0.15, -0.1) is 0 Å². The third-order valence-electron chi connectivity index (χ3n) is 2.99. The summed E-state index contributed by atoms with van der Waals surface area (Å²) in [5.41, 5.74) is -0.193. The van der Waals surface area contributed by atoms with Gasteiger partial charge in [0.2, 0.25) is 0 Å². The second-order valence-corrected chi connectivity index (χ2v) is 4.67. The van der Waals surface area contributed by atoms with E-state index in [0.717, 1.165) is 12.1 Å². The van der Waals surface area contributed by atoms with E-state index in [9.17, 15) is 13.2 Å². The van der Waals surface area contributed by atoms with Gasteiger partial charge in [0.1, 0.15) is 17.5 Å². The van der Waals surface area contributed by atoms with Crippen molar-refractivity contribution in [1.29, 1.82) is 0 Å². The van der Waals surface area contributed by atoms with Crippen molar-refractivity contribution < 1.29 is 13.2 Å². The molecule has 1 atom stereocenters. The van der Waals surface area contributed by atoms with Crippen molar-refractivity contribution >= 4 is 11.6 Å². The first-order valence-electron chi connectivity index (χ1n) is 6.17. The molecule has 2 aromatic rings. The summed E-state index contributed by atoms with van der Waals surface area (Å²) in [6, 6.07) is 6.71. The van der Waals surface area contributed by atoms with E-state index < -0.39 is 23.5 Å². The topological polar surface area (TPSA) is 12.0 Å². The molecule has 0 radical (unpaired) electrons. The molecule has 0 aliphatic rings. The summed E-state index contributed by atoms with van der Waals surface area (Å²) in [5.74, 6) is -2.09. The normalized spacial score (nSPS) is 12.4. The van der Waals surface area contributed by atoms with E-state index in [1.54, 1.807) is 6.92 Å². The zero-order valence-electron chi connectivity index (χ0n) is 10.8. The fourth-order valence-corrected chi connectivity index (χ4v) is 2.40. The zero-order valence-corrected chi connectivity index (χ0v) is 11.5. The van der Waals surface area contributed by atoms with Gasteiger partial charge in [0.25, 0.3) is 0 Å². The minimum atomic E-state index is -0.977. The van der Waals surface area contributed by atoms with Gasteiger partial charge in [-0.2, -0.15) is 0 Å². The van der Waals surface area contributed by atoms with Crippen molar-refractivity contribution in [1.82, 2.24) is 5.32 Å². The Morgan fingerprint density at radius 3 is 1.95 bits per heavy atom. The summed E-state index contributed by atoms with van der Waals surface area (Å²) in [6.07, 6.45) is 0. The van der Waals surface area contributed by atoms with E-state index in [1.165, 1.54) is 24.3 Å². The molecular formula is C15H13ClF3N. The molecule has 5 heteroatoms. The second kappa shape index (κ2) is 6.29. The van der Waals surface area contributed by atoms with Gasteiger partial charge in [0.15, 0.2) is 0 Å². The van der Waals surface area contributed by atoms with E-state index in [-0.39, 0.29) is 16.1 Å². The number of hydrogen-bond donors (Lipinski definition) is 1. The quantitative estimate of drug-likeness (QED) is 0.879. The molecule has 20 heavy (non-hydrogen) atoms. The predicted octanol–water partition coefficient (Wildman–Crippen LogP) is 4.46. The van der Waals surface area contributed by atoms with Gasteiger partial charge in [0.05, 0.1) is 6.04 Å². The molecule has 106 valence electrons. The summed E-state index contributed by atoms with van der Waals surface area (Å²) in [5, 5.41) is 3.00. The highest BCUT2D eigenvalue weighted by atomic mass is 35.5. The van der Waals surface area contributed by atoms with Gasteiger partial charge < -0.3 is 5.32 Å². The molecule has 0 aromatic heterocycles. The van der Waals surface area contributed by atoms with Crippen molar-refractivity contribution in [3.05, 3.63) is 70.0 Å². The zero-order chi connectivity index (χ0) is 14.7. The molecule has 2 rings (SSSR count). The van der Waals surface area contributed by atoms with E-state index in [0.29, 0.717) is 6.54 Å². The molecule has 0 aliphatic heterocycles. The summed E-state index contributed by atoms with van der Waals surface area (Å²) in [7, 11) is 0. The molecule has 0 amide bonds. The Labute approximate surface area is 120 Å². The predicted molar refractivity (Wildman–Crippen MR) is 73.3 cm³/mol. The van der Waals surface area contributed by atoms with E-state index in [4.69, 9.17) is 11.6 Å². The van der Waals surface area contributed by atoms with Crippen molar-refractivity contribution in [2.45, 2.75) is 13.0 Å². The lowest BCUT2D eigenvalue weighted by Gasteiger charge is -2.21. The van der Waals surface area contributed by atoms with E-state index >= 15 is 0 Å². The number of halogens is 4. The summed E-state index contributed by atoms with van der Waals surface area (Å²) in [4.78, 5) is 0. The van der Waals surface area contributed by atoms with Crippen LogP contribution in [0.4, 0.5) is 13.2 Å². The lowest BCUT2D eigenvalue weighted by Crippen LogP contribution is -2.25. The van der Waals surface area contributed by atoms with Crippen LogP contribution in [0.2, 0.25) is 5.02 Å². The van der Waals surface area contributed by atoms with Gasteiger partial charge in [0, 0.05) is 16.1 Å². The fourth-order valence-electron chi connectivity index (χ4n) is 2.13. The van der Waals surface area contributed by atoms with E-state index in [2.05, 4.69) is 5.32 Å². The van der Waals surface area contributed by atoms with Crippen LogP contribution >= 0.6 is 11.6 Å². The molecule has 0 spiro atoms. The standard InChI is InChI=1S/C15H13ClF3N/c1-2-20-15(13-9(16)5-3-6-10(13)17)14-11(18)7-4-8-12(14)19/h3-8,15,20H,2H2,1H3. The van der Waals surface area contributed by atoms with Crippen molar-refractivity contribution in [3.8, 4) is 0 Å². The van der Waals surface area contributed by atoms with Gasteiger partial charge in [-0.3, -0.25) is 0 Å². The maximum Gasteiger partial charge on any atom is 0.131 e. The highest BCUT2D eigenvalue weighted by molar-refractivity contribution is 6.31. The highest BCUT2D eigenvalue weighted by Crippen LogP contribution is 2.33. The Morgan fingerprint density at radius 1 is 0.950 bits per heavy atom. The van der Waals surface area contributed by atoms with Crippen LogP contribution < -0.4 is 5.32 Å². The molecule has 0 saturated heterocycles. The lowest BCUT2D eigenvalue weighted by atomic mass is 9.97. The minimum Gasteiger partial charge on any atom is -0.306 e. The summed E-state index contributed by atoms with van der Waals surface area (Å²) < 4.78 is 41.9. The Kier molecular flexibility index (Phi) is 4.68. The Hall–Kier alpha value is -1.52. The van der Waals surface area contributed by atoms with Crippen molar-refractivity contribution in [3.63, 3.8) is 0 Å². The van der Waals surface area contributed by atoms with Crippen LogP contribution in [0.25, 0.3) is 0 Å². The Morgan fingerprint density at radius 2 is 1.45 bits per heavy atom. The second-order valence-electron chi connectivity index (χ2n) is 4.26. The van der Waals surface area contributed by atoms with Crippen molar-refractivity contribution in [2.75, 3.05) is 6.54 Å². The average Bonchev–Trinajstić information content (AvgIpc) is 2.38. The number of rotatable bonds is 4. The summed E-state index contributed by atoms with van der Waals surface area (Å²) in [6.45, 7) is 2.17. The number of hydrogen-bond acceptors (Lipinski definition) is 1. The van der Waals surface area contributed by atoms with Gasteiger partial charge in [-0.1, -0.05) is 30.7 Å². The Bertz CT molecular complexity index is 524. The molecule has 0 aliphatic carbocycles. The van der Waals surface area contributed by atoms with Gasteiger partial charge >= 0.3 is 0 Å². The maximum atomic E-state index is 14.0. The third kappa shape index (κ3) is 2.81. The number of nitrogens with one attached hydrogen (secondary N) is 1. The van der Waals surface area contributed by atoms with Crippen LogP contribution in [0.3, 0.4) is 0 Å². The molecule has 0 fully saturated rings. The molecule has 1 nitrogen and oxygen atoms in total. The summed E-state index contributed by atoms with van der Waals surface area (Å²) >= 11 is 5.99. The van der Waals surface area contributed by atoms with Crippen LogP contribution in [0.1, 0.15) is 24.1 Å². The van der Waals surface area contributed by atoms with Gasteiger partial charge in [-0.25, -0.2) is 13.2 Å². The molecular weight excluding hydrogens is 287 g/mol. The largest absolute Gasteiger partial charge is 0.306 e. The van der Waals surface area contributed by atoms with Gasteiger partial charge in [-0.05, 0) is 30.8 Å². The molecule has 2 aromatic carbocycles. The van der Waals surface area contributed by atoms with Crippen LogP contribution in [-0.4, -0.2) is 6.54 Å². The minimum absolute atomic E-state index is 0.0417. The fraction of sp³-hybridized carbons (Fsp3) is 0.200. The highest BCUT2D eigenvalue weighted by Gasteiger charge is 2.25. The van der Waals surface area contributed by atoms with Crippen molar-refractivity contribution in [2.24, 2.45) is 0 Å². The maximum absolute atomic E-state index is 14.0. The Balaban J connectivity index is 2.63.